The molecule has 0 aliphatic carbocycles. The predicted octanol–water partition coefficient (Wildman–Crippen LogP) is 2.64. The molecule has 0 saturated carbocycles. The molecule has 0 fully saturated rings. The molecule has 2 N–H and O–H groups in total. The number of benzene rings is 2. The molecular weight excluding hydrogens is 228 g/mol. The third-order valence-electron chi connectivity index (χ3n) is 3.03. The average molecular weight is 242 g/mol. The van der Waals surface area contributed by atoms with Crippen LogP contribution in [0.3, 0.4) is 0 Å². The lowest BCUT2D eigenvalue weighted by molar-refractivity contribution is 0.0695. The summed E-state index contributed by atoms with van der Waals surface area (Å²) in [5, 5.41) is 19.4. The van der Waals surface area contributed by atoms with E-state index in [0.717, 1.165) is 5.56 Å². The maximum absolute atomic E-state index is 10.8. The van der Waals surface area contributed by atoms with Gasteiger partial charge in [-0.2, -0.15) is 0 Å². The van der Waals surface area contributed by atoms with Crippen molar-refractivity contribution < 1.29 is 15.0 Å². The highest BCUT2D eigenvalue weighted by Crippen LogP contribution is 2.28. The SMILES string of the molecule is CC(O)(c1ccccc1)c1ccc(C(=O)O)cc1. The van der Waals surface area contributed by atoms with Crippen LogP contribution in [0.5, 0.6) is 0 Å². The monoisotopic (exact) mass is 242 g/mol. The Balaban J connectivity index is 2.39. The second-order valence-corrected chi connectivity index (χ2v) is 4.32. The van der Waals surface area contributed by atoms with Crippen LogP contribution in [0.15, 0.2) is 54.6 Å². The molecule has 0 bridgehead atoms. The van der Waals surface area contributed by atoms with E-state index >= 15 is 0 Å². The van der Waals surface area contributed by atoms with Crippen LogP contribution < -0.4 is 0 Å². The molecule has 18 heavy (non-hydrogen) atoms. The molecule has 0 spiro atoms. The molecule has 2 rings (SSSR count). The molecule has 3 heteroatoms. The highest BCUT2D eigenvalue weighted by molar-refractivity contribution is 5.87. The standard InChI is InChI=1S/C15H14O3/c1-15(18,12-5-3-2-4-6-12)13-9-7-11(8-10-13)14(16)17/h2-10,18H,1H3,(H,16,17). The van der Waals surface area contributed by atoms with Gasteiger partial charge in [-0.1, -0.05) is 42.5 Å². The molecule has 1 unspecified atom stereocenters. The Labute approximate surface area is 105 Å². The first kappa shape index (κ1) is 12.3. The van der Waals surface area contributed by atoms with Crippen LogP contribution in [0.4, 0.5) is 0 Å². The van der Waals surface area contributed by atoms with Gasteiger partial charge in [0.1, 0.15) is 5.60 Å². The number of aromatic carboxylic acids is 1. The lowest BCUT2D eigenvalue weighted by Crippen LogP contribution is -2.22. The average Bonchev–Trinajstić information content (AvgIpc) is 2.40. The first-order valence-corrected chi connectivity index (χ1v) is 5.63. The molecule has 1 atom stereocenters. The van der Waals surface area contributed by atoms with E-state index in [9.17, 15) is 9.90 Å². The Kier molecular flexibility index (Phi) is 3.17. The van der Waals surface area contributed by atoms with Crippen molar-refractivity contribution in [2.24, 2.45) is 0 Å². The maximum Gasteiger partial charge on any atom is 0.335 e. The van der Waals surface area contributed by atoms with E-state index in [1.807, 2.05) is 30.3 Å². The van der Waals surface area contributed by atoms with E-state index in [0.29, 0.717) is 5.56 Å². The van der Waals surface area contributed by atoms with Crippen LogP contribution in [0.2, 0.25) is 0 Å². The van der Waals surface area contributed by atoms with E-state index in [1.165, 1.54) is 12.1 Å². The molecule has 2 aromatic rings. The zero-order valence-electron chi connectivity index (χ0n) is 10.00. The molecule has 0 aromatic heterocycles. The second-order valence-electron chi connectivity index (χ2n) is 4.32. The van der Waals surface area contributed by atoms with E-state index in [4.69, 9.17) is 5.11 Å². The Morgan fingerprint density at radius 1 is 0.944 bits per heavy atom. The number of hydrogen-bond donors (Lipinski definition) is 2. The Morgan fingerprint density at radius 3 is 1.94 bits per heavy atom. The van der Waals surface area contributed by atoms with Gasteiger partial charge >= 0.3 is 5.97 Å². The van der Waals surface area contributed by atoms with Crippen molar-refractivity contribution in [2.75, 3.05) is 0 Å². The van der Waals surface area contributed by atoms with Gasteiger partial charge in [0.2, 0.25) is 0 Å². The van der Waals surface area contributed by atoms with Crippen molar-refractivity contribution in [3.63, 3.8) is 0 Å². The fourth-order valence-corrected chi connectivity index (χ4v) is 1.87. The van der Waals surface area contributed by atoms with Gasteiger partial charge in [0.25, 0.3) is 0 Å². The van der Waals surface area contributed by atoms with E-state index in [-0.39, 0.29) is 5.56 Å². The summed E-state index contributed by atoms with van der Waals surface area (Å²) in [5.74, 6) is -0.971. The molecule has 92 valence electrons. The van der Waals surface area contributed by atoms with Gasteiger partial charge in [0.05, 0.1) is 5.56 Å². The maximum atomic E-state index is 10.8. The minimum absolute atomic E-state index is 0.211. The Morgan fingerprint density at radius 2 is 1.44 bits per heavy atom. The van der Waals surface area contributed by atoms with Crippen molar-refractivity contribution in [1.82, 2.24) is 0 Å². The van der Waals surface area contributed by atoms with Gasteiger partial charge in [-0.05, 0) is 30.2 Å². The van der Waals surface area contributed by atoms with Crippen molar-refractivity contribution >= 4 is 5.97 Å². The van der Waals surface area contributed by atoms with Crippen molar-refractivity contribution in [3.05, 3.63) is 71.3 Å². The number of aliphatic hydroxyl groups is 1. The highest BCUT2D eigenvalue weighted by atomic mass is 16.4. The lowest BCUT2D eigenvalue weighted by atomic mass is 9.88. The van der Waals surface area contributed by atoms with E-state index in [1.54, 1.807) is 19.1 Å². The fraction of sp³-hybridized carbons (Fsp3) is 0.133. The highest BCUT2D eigenvalue weighted by Gasteiger charge is 2.25. The normalized spacial score (nSPS) is 13.9. The van der Waals surface area contributed by atoms with Crippen LogP contribution >= 0.6 is 0 Å². The smallest absolute Gasteiger partial charge is 0.335 e. The quantitative estimate of drug-likeness (QED) is 0.869. The van der Waals surface area contributed by atoms with Crippen LogP contribution in [0, 0.1) is 0 Å². The molecule has 0 radical (unpaired) electrons. The summed E-state index contributed by atoms with van der Waals surface area (Å²) in [5.41, 5.74) is 0.521. The lowest BCUT2D eigenvalue weighted by Gasteiger charge is -2.24. The number of hydrogen-bond acceptors (Lipinski definition) is 2. The molecule has 0 heterocycles. The molecule has 0 aliphatic rings. The third kappa shape index (κ3) is 2.26. The minimum atomic E-state index is -1.13. The van der Waals surface area contributed by atoms with Crippen LogP contribution in [-0.2, 0) is 5.60 Å². The first-order chi connectivity index (χ1) is 8.51. The zero-order chi connectivity index (χ0) is 13.2. The number of rotatable bonds is 3. The molecule has 0 saturated heterocycles. The summed E-state index contributed by atoms with van der Waals surface area (Å²) in [6.07, 6.45) is 0. The summed E-state index contributed by atoms with van der Waals surface area (Å²) in [7, 11) is 0. The van der Waals surface area contributed by atoms with Crippen molar-refractivity contribution in [3.8, 4) is 0 Å². The van der Waals surface area contributed by atoms with Gasteiger partial charge in [0.15, 0.2) is 0 Å². The van der Waals surface area contributed by atoms with Crippen LogP contribution in [0.25, 0.3) is 0 Å². The largest absolute Gasteiger partial charge is 0.478 e. The summed E-state index contributed by atoms with van der Waals surface area (Å²) >= 11 is 0. The molecule has 3 nitrogen and oxygen atoms in total. The fourth-order valence-electron chi connectivity index (χ4n) is 1.87. The minimum Gasteiger partial charge on any atom is -0.478 e. The number of carboxylic acids is 1. The van der Waals surface area contributed by atoms with Crippen LogP contribution in [0.1, 0.15) is 28.4 Å². The van der Waals surface area contributed by atoms with Crippen molar-refractivity contribution in [2.45, 2.75) is 12.5 Å². The van der Waals surface area contributed by atoms with Gasteiger partial charge in [0, 0.05) is 0 Å². The van der Waals surface area contributed by atoms with Gasteiger partial charge < -0.3 is 10.2 Å². The van der Waals surface area contributed by atoms with Gasteiger partial charge in [-0.3, -0.25) is 0 Å². The zero-order valence-corrected chi connectivity index (χ0v) is 10.00. The second kappa shape index (κ2) is 4.63. The predicted molar refractivity (Wildman–Crippen MR) is 68.5 cm³/mol. The van der Waals surface area contributed by atoms with Gasteiger partial charge in [-0.15, -0.1) is 0 Å². The topological polar surface area (TPSA) is 57.5 Å². The van der Waals surface area contributed by atoms with E-state index < -0.39 is 11.6 Å². The number of carbonyl (C=O) groups is 1. The molecule has 2 aromatic carbocycles. The summed E-state index contributed by atoms with van der Waals surface area (Å²) < 4.78 is 0. The van der Waals surface area contributed by atoms with Gasteiger partial charge in [-0.25, -0.2) is 4.79 Å². The molecule has 0 amide bonds. The first-order valence-electron chi connectivity index (χ1n) is 5.63. The molecule has 0 aliphatic heterocycles. The van der Waals surface area contributed by atoms with E-state index in [2.05, 4.69) is 0 Å². The Hall–Kier alpha value is -2.13. The number of carboxylic acid groups (broad SMARTS) is 1. The summed E-state index contributed by atoms with van der Waals surface area (Å²) in [4.78, 5) is 10.8. The van der Waals surface area contributed by atoms with Crippen molar-refractivity contribution in [1.29, 1.82) is 0 Å². The summed E-state index contributed by atoms with van der Waals surface area (Å²) in [6.45, 7) is 1.69. The Bertz CT molecular complexity index is 542. The summed E-state index contributed by atoms with van der Waals surface area (Å²) in [6, 6.07) is 15.5. The van der Waals surface area contributed by atoms with Crippen LogP contribution in [-0.4, -0.2) is 16.2 Å². The molecular formula is C15H14O3. The third-order valence-corrected chi connectivity index (χ3v) is 3.03.